The third kappa shape index (κ3) is 1.34. The summed E-state index contributed by atoms with van der Waals surface area (Å²) in [4.78, 5) is 26.5. The molecule has 0 N–H and O–H groups in total. The predicted octanol–water partition coefficient (Wildman–Crippen LogP) is 2.45. The Morgan fingerprint density at radius 1 is 1.10 bits per heavy atom. The molecule has 1 saturated carbocycles. The highest BCUT2D eigenvalue weighted by atomic mass is 19.1. The average molecular weight is 271 g/mol. The number of imide groups is 1. The zero-order valence-corrected chi connectivity index (χ0v) is 11.0. The van der Waals surface area contributed by atoms with E-state index in [9.17, 15) is 14.0 Å². The van der Waals surface area contributed by atoms with Crippen molar-refractivity contribution in [2.45, 2.75) is 13.3 Å². The second kappa shape index (κ2) is 3.78. The van der Waals surface area contributed by atoms with E-state index in [1.807, 2.05) is 0 Å². The number of carbonyl (C=O) groups is 2. The zero-order chi connectivity index (χ0) is 14.0. The van der Waals surface area contributed by atoms with E-state index in [2.05, 4.69) is 12.2 Å². The van der Waals surface area contributed by atoms with Gasteiger partial charge in [-0.25, -0.2) is 9.29 Å². The maximum absolute atomic E-state index is 13.2. The van der Waals surface area contributed by atoms with Crippen LogP contribution in [-0.2, 0) is 9.59 Å². The van der Waals surface area contributed by atoms with Crippen molar-refractivity contribution in [2.24, 2.45) is 23.7 Å². The fourth-order valence-corrected chi connectivity index (χ4v) is 4.01. The lowest BCUT2D eigenvalue weighted by Crippen LogP contribution is -2.33. The van der Waals surface area contributed by atoms with Crippen LogP contribution < -0.4 is 4.90 Å². The van der Waals surface area contributed by atoms with E-state index in [1.165, 1.54) is 23.1 Å². The van der Waals surface area contributed by atoms with E-state index in [-0.39, 0.29) is 41.3 Å². The monoisotopic (exact) mass is 271 g/mol. The molecule has 2 amide bonds. The number of rotatable bonds is 1. The van der Waals surface area contributed by atoms with Gasteiger partial charge in [-0.1, -0.05) is 12.2 Å². The van der Waals surface area contributed by atoms with E-state index < -0.39 is 0 Å². The van der Waals surface area contributed by atoms with Crippen LogP contribution in [0.1, 0.15) is 12.0 Å². The number of hydrogen-bond acceptors (Lipinski definition) is 2. The van der Waals surface area contributed by atoms with Gasteiger partial charge in [0.25, 0.3) is 0 Å². The molecular formula is C16H14FNO2. The first-order chi connectivity index (χ1) is 9.58. The third-order valence-electron chi connectivity index (χ3n) is 4.87. The maximum atomic E-state index is 13.2. The summed E-state index contributed by atoms with van der Waals surface area (Å²) in [5.74, 6) is -0.603. The summed E-state index contributed by atoms with van der Waals surface area (Å²) in [5, 5.41) is 0. The van der Waals surface area contributed by atoms with Crippen molar-refractivity contribution in [3.05, 3.63) is 41.7 Å². The third-order valence-corrected chi connectivity index (χ3v) is 4.87. The van der Waals surface area contributed by atoms with Gasteiger partial charge in [-0.3, -0.25) is 9.59 Å². The molecule has 1 aromatic carbocycles. The van der Waals surface area contributed by atoms with Gasteiger partial charge in [-0.05, 0) is 48.9 Å². The molecule has 4 unspecified atom stereocenters. The van der Waals surface area contributed by atoms with E-state index in [0.29, 0.717) is 11.3 Å². The molecule has 1 saturated heterocycles. The lowest BCUT2D eigenvalue weighted by atomic mass is 9.85. The fourth-order valence-electron chi connectivity index (χ4n) is 4.01. The standard InChI is InChI=1S/C16H14FNO2/c1-8-6-11(17)4-5-12(8)18-15(19)13-9-2-3-10(7-9)14(13)16(18)20/h2-6,9-10,13-14H,7H2,1H3. The second-order valence-corrected chi connectivity index (χ2v) is 5.94. The summed E-state index contributed by atoms with van der Waals surface area (Å²) >= 11 is 0. The molecule has 3 nitrogen and oxygen atoms in total. The Morgan fingerprint density at radius 3 is 2.25 bits per heavy atom. The topological polar surface area (TPSA) is 37.4 Å². The largest absolute Gasteiger partial charge is 0.274 e. The maximum Gasteiger partial charge on any atom is 0.238 e. The Hall–Kier alpha value is -1.97. The van der Waals surface area contributed by atoms with Crippen molar-refractivity contribution >= 4 is 17.5 Å². The van der Waals surface area contributed by atoms with E-state index in [0.717, 1.165) is 6.42 Å². The highest BCUT2D eigenvalue weighted by Crippen LogP contribution is 2.53. The molecule has 4 atom stereocenters. The van der Waals surface area contributed by atoms with Gasteiger partial charge in [0, 0.05) is 0 Å². The first-order valence-corrected chi connectivity index (χ1v) is 6.90. The lowest BCUT2D eigenvalue weighted by molar-refractivity contribution is -0.123. The highest BCUT2D eigenvalue weighted by molar-refractivity contribution is 6.23. The number of amides is 2. The van der Waals surface area contributed by atoms with Gasteiger partial charge in [-0.15, -0.1) is 0 Å². The van der Waals surface area contributed by atoms with Crippen molar-refractivity contribution < 1.29 is 14.0 Å². The van der Waals surface area contributed by atoms with Gasteiger partial charge in [0.2, 0.25) is 11.8 Å². The average Bonchev–Trinajstić information content (AvgIpc) is 3.06. The predicted molar refractivity (Wildman–Crippen MR) is 71.3 cm³/mol. The van der Waals surface area contributed by atoms with Gasteiger partial charge in [0.05, 0.1) is 17.5 Å². The van der Waals surface area contributed by atoms with Gasteiger partial charge >= 0.3 is 0 Å². The lowest BCUT2D eigenvalue weighted by Gasteiger charge is -2.19. The van der Waals surface area contributed by atoms with Gasteiger partial charge in [0.1, 0.15) is 5.82 Å². The molecule has 2 fully saturated rings. The molecule has 3 aliphatic rings. The minimum atomic E-state index is -0.354. The number of benzene rings is 1. The van der Waals surface area contributed by atoms with Crippen molar-refractivity contribution in [3.63, 3.8) is 0 Å². The second-order valence-electron chi connectivity index (χ2n) is 5.94. The molecule has 0 radical (unpaired) electrons. The molecule has 102 valence electrons. The van der Waals surface area contributed by atoms with E-state index in [4.69, 9.17) is 0 Å². The number of carbonyl (C=O) groups excluding carboxylic acids is 2. The Bertz CT molecular complexity index is 636. The van der Waals surface area contributed by atoms with Crippen LogP contribution in [0, 0.1) is 36.4 Å². The van der Waals surface area contributed by atoms with Crippen LogP contribution in [0.4, 0.5) is 10.1 Å². The number of anilines is 1. The smallest absolute Gasteiger partial charge is 0.238 e. The summed E-state index contributed by atoms with van der Waals surface area (Å²) in [6, 6.07) is 4.18. The molecule has 1 aromatic rings. The molecule has 2 bridgehead atoms. The molecule has 0 spiro atoms. The molecule has 1 aliphatic heterocycles. The first kappa shape index (κ1) is 11.8. The summed E-state index contributed by atoms with van der Waals surface area (Å²) in [6.07, 6.45) is 5.05. The zero-order valence-electron chi connectivity index (χ0n) is 11.0. The first-order valence-electron chi connectivity index (χ1n) is 6.90. The summed E-state index contributed by atoms with van der Waals surface area (Å²) in [7, 11) is 0. The molecular weight excluding hydrogens is 257 g/mol. The van der Waals surface area contributed by atoms with Crippen LogP contribution in [0.2, 0.25) is 0 Å². The number of nitrogens with zero attached hydrogens (tertiary/aromatic N) is 1. The van der Waals surface area contributed by atoms with Crippen LogP contribution in [-0.4, -0.2) is 11.8 Å². The van der Waals surface area contributed by atoms with Gasteiger partial charge in [0.15, 0.2) is 0 Å². The van der Waals surface area contributed by atoms with E-state index >= 15 is 0 Å². The quantitative estimate of drug-likeness (QED) is 0.581. The van der Waals surface area contributed by atoms with E-state index in [1.54, 1.807) is 6.92 Å². The molecule has 20 heavy (non-hydrogen) atoms. The van der Waals surface area contributed by atoms with Crippen molar-refractivity contribution in [3.8, 4) is 0 Å². The van der Waals surface area contributed by atoms with Gasteiger partial charge in [-0.2, -0.15) is 0 Å². The molecule has 4 heteroatoms. The van der Waals surface area contributed by atoms with Crippen LogP contribution in [0.5, 0.6) is 0 Å². The summed E-state index contributed by atoms with van der Waals surface area (Å²) < 4.78 is 13.2. The molecule has 1 heterocycles. The van der Waals surface area contributed by atoms with Crippen molar-refractivity contribution in [1.29, 1.82) is 0 Å². The fraction of sp³-hybridized carbons (Fsp3) is 0.375. The highest BCUT2D eigenvalue weighted by Gasteiger charge is 2.59. The van der Waals surface area contributed by atoms with Gasteiger partial charge < -0.3 is 0 Å². The Morgan fingerprint density at radius 2 is 1.70 bits per heavy atom. The van der Waals surface area contributed by atoms with Crippen LogP contribution in [0.3, 0.4) is 0 Å². The molecule has 0 aromatic heterocycles. The van der Waals surface area contributed by atoms with Crippen molar-refractivity contribution in [2.75, 3.05) is 4.90 Å². The minimum absolute atomic E-state index is 0.119. The minimum Gasteiger partial charge on any atom is -0.274 e. The van der Waals surface area contributed by atoms with Crippen LogP contribution in [0.15, 0.2) is 30.4 Å². The SMILES string of the molecule is Cc1cc(F)ccc1N1C(=O)C2C3C=CC(C3)C2C1=O. The normalized spacial score (nSPS) is 34.2. The number of allylic oxidation sites excluding steroid dienone is 2. The summed E-state index contributed by atoms with van der Waals surface area (Å²) in [6.45, 7) is 1.72. The number of fused-ring (bicyclic) bond motifs is 5. The van der Waals surface area contributed by atoms with Crippen LogP contribution in [0.25, 0.3) is 0 Å². The Balaban J connectivity index is 1.78. The summed E-state index contributed by atoms with van der Waals surface area (Å²) in [5.41, 5.74) is 1.14. The number of hydrogen-bond donors (Lipinski definition) is 0. The number of halogens is 1. The van der Waals surface area contributed by atoms with Crippen LogP contribution >= 0.6 is 0 Å². The molecule has 2 aliphatic carbocycles. The number of aryl methyl sites for hydroxylation is 1. The van der Waals surface area contributed by atoms with Crippen molar-refractivity contribution in [1.82, 2.24) is 0 Å². The Labute approximate surface area is 116 Å². The Kier molecular flexibility index (Phi) is 2.23. The molecule has 4 rings (SSSR count).